The van der Waals surface area contributed by atoms with E-state index in [0.717, 1.165) is 29.8 Å². The molecular formula is C27H20N2. The van der Waals surface area contributed by atoms with E-state index in [1.165, 1.54) is 44.5 Å². The highest BCUT2D eigenvalue weighted by molar-refractivity contribution is 5.87. The molecule has 2 heteroatoms. The third-order valence-electron chi connectivity index (χ3n) is 6.07. The molecule has 0 aromatic heterocycles. The number of rotatable bonds is 2. The Morgan fingerprint density at radius 2 is 1.28 bits per heavy atom. The van der Waals surface area contributed by atoms with Crippen LogP contribution in [0.5, 0.6) is 0 Å². The molecule has 0 unspecified atom stereocenters. The first kappa shape index (κ1) is 16.3. The smallest absolute Gasteiger partial charge is 0.0633 e. The summed E-state index contributed by atoms with van der Waals surface area (Å²) in [6, 6.07) is 28.0. The van der Waals surface area contributed by atoms with Gasteiger partial charge in [0.25, 0.3) is 0 Å². The van der Waals surface area contributed by atoms with E-state index in [2.05, 4.69) is 72.8 Å². The minimum absolute atomic E-state index is 0.827. The number of fused-ring (bicyclic) bond motifs is 6. The van der Waals surface area contributed by atoms with Gasteiger partial charge in [-0.1, -0.05) is 48.5 Å². The van der Waals surface area contributed by atoms with E-state index < -0.39 is 0 Å². The molecule has 2 nitrogen and oxygen atoms in total. The van der Waals surface area contributed by atoms with Crippen LogP contribution in [-0.2, 0) is 12.8 Å². The molecule has 0 aliphatic heterocycles. The quantitative estimate of drug-likeness (QED) is 0.287. The Kier molecular flexibility index (Phi) is 3.48. The van der Waals surface area contributed by atoms with Gasteiger partial charge >= 0.3 is 0 Å². The molecule has 0 saturated heterocycles. The van der Waals surface area contributed by atoms with Crippen molar-refractivity contribution in [2.75, 3.05) is 5.73 Å². The molecule has 138 valence electrons. The number of nitrogens with two attached hydrogens (primary N) is 1. The van der Waals surface area contributed by atoms with Crippen molar-refractivity contribution in [3.05, 3.63) is 107 Å². The molecule has 0 amide bonds. The first-order valence-electron chi connectivity index (χ1n) is 10.0. The first-order valence-corrected chi connectivity index (χ1v) is 10.0. The van der Waals surface area contributed by atoms with Crippen molar-refractivity contribution in [3.63, 3.8) is 0 Å². The summed E-state index contributed by atoms with van der Waals surface area (Å²) in [5, 5.41) is 0. The molecule has 0 spiro atoms. The maximum Gasteiger partial charge on any atom is 0.0633 e. The van der Waals surface area contributed by atoms with E-state index in [9.17, 15) is 0 Å². The predicted octanol–water partition coefficient (Wildman–Crippen LogP) is 6.16. The van der Waals surface area contributed by atoms with Gasteiger partial charge in [0.15, 0.2) is 0 Å². The fourth-order valence-corrected chi connectivity index (χ4v) is 4.69. The summed E-state index contributed by atoms with van der Waals surface area (Å²) < 4.78 is 0. The summed E-state index contributed by atoms with van der Waals surface area (Å²) in [5.41, 5.74) is 19.7. The van der Waals surface area contributed by atoms with Gasteiger partial charge in [-0.05, 0) is 93.2 Å². The molecule has 0 bridgehead atoms. The topological polar surface area (TPSA) is 38.4 Å². The summed E-state index contributed by atoms with van der Waals surface area (Å²) in [6.07, 6.45) is 3.91. The van der Waals surface area contributed by atoms with Gasteiger partial charge in [-0.15, -0.1) is 0 Å². The van der Waals surface area contributed by atoms with Crippen LogP contribution >= 0.6 is 0 Å². The number of nitrogen functional groups attached to an aromatic ring is 1. The molecule has 0 fully saturated rings. The summed E-state index contributed by atoms with van der Waals surface area (Å²) >= 11 is 0. The maximum absolute atomic E-state index is 5.95. The van der Waals surface area contributed by atoms with Crippen LogP contribution in [0.15, 0.2) is 83.9 Å². The molecule has 0 heterocycles. The largest absolute Gasteiger partial charge is 0.399 e. The maximum atomic E-state index is 5.95. The van der Waals surface area contributed by atoms with E-state index in [0.29, 0.717) is 0 Å². The second kappa shape index (κ2) is 6.18. The van der Waals surface area contributed by atoms with Crippen LogP contribution < -0.4 is 5.73 Å². The van der Waals surface area contributed by atoms with Crippen molar-refractivity contribution in [1.82, 2.24) is 0 Å². The van der Waals surface area contributed by atoms with Crippen molar-refractivity contribution < 1.29 is 0 Å². The normalized spacial score (nSPS) is 13.2. The van der Waals surface area contributed by atoms with Gasteiger partial charge in [-0.2, -0.15) is 0 Å². The lowest BCUT2D eigenvalue weighted by Crippen LogP contribution is -1.86. The summed E-state index contributed by atoms with van der Waals surface area (Å²) in [4.78, 5) is 4.76. The number of hydrogen-bond donors (Lipinski definition) is 1. The van der Waals surface area contributed by atoms with E-state index in [4.69, 9.17) is 10.7 Å². The number of hydrogen-bond acceptors (Lipinski definition) is 2. The minimum Gasteiger partial charge on any atom is -0.399 e. The molecule has 2 aliphatic carbocycles. The van der Waals surface area contributed by atoms with Crippen molar-refractivity contribution in [3.8, 4) is 22.3 Å². The molecule has 29 heavy (non-hydrogen) atoms. The van der Waals surface area contributed by atoms with E-state index >= 15 is 0 Å². The van der Waals surface area contributed by atoms with Gasteiger partial charge in [-0.3, -0.25) is 4.99 Å². The Bertz CT molecular complexity index is 1310. The van der Waals surface area contributed by atoms with Crippen LogP contribution in [0.2, 0.25) is 0 Å². The second-order valence-corrected chi connectivity index (χ2v) is 7.94. The highest BCUT2D eigenvalue weighted by atomic mass is 14.7. The fourth-order valence-electron chi connectivity index (χ4n) is 4.69. The van der Waals surface area contributed by atoms with Crippen LogP contribution in [0.25, 0.3) is 22.3 Å². The Labute approximate surface area is 170 Å². The van der Waals surface area contributed by atoms with E-state index in [1.54, 1.807) is 0 Å². The lowest BCUT2D eigenvalue weighted by atomic mass is 10.0. The van der Waals surface area contributed by atoms with Crippen LogP contribution in [0.4, 0.5) is 11.4 Å². The molecule has 0 radical (unpaired) electrons. The average Bonchev–Trinajstić information content (AvgIpc) is 3.28. The molecule has 2 N–H and O–H groups in total. The molecule has 0 saturated carbocycles. The fraction of sp³-hybridized carbons (Fsp3) is 0.0741. The number of anilines is 1. The zero-order chi connectivity index (χ0) is 19.4. The van der Waals surface area contributed by atoms with Crippen LogP contribution in [0.1, 0.15) is 27.8 Å². The van der Waals surface area contributed by atoms with Gasteiger partial charge in [0.05, 0.1) is 5.69 Å². The lowest BCUT2D eigenvalue weighted by molar-refractivity contribution is 1.26. The standard InChI is InChI=1S/C27H20N2/c28-22-6-9-26-20(14-22)13-21-15-23(7-10-27(21)26)29-16-17-5-8-25-19(11-17)12-18-3-1-2-4-24(18)25/h1-11,14-16H,12-13,28H2/b29-16+. The van der Waals surface area contributed by atoms with E-state index in [-0.39, 0.29) is 0 Å². The van der Waals surface area contributed by atoms with Crippen molar-refractivity contribution in [1.29, 1.82) is 0 Å². The second-order valence-electron chi connectivity index (χ2n) is 7.94. The summed E-state index contributed by atoms with van der Waals surface area (Å²) in [6.45, 7) is 0. The highest BCUT2D eigenvalue weighted by Crippen LogP contribution is 2.39. The Morgan fingerprint density at radius 3 is 2.17 bits per heavy atom. The molecule has 0 atom stereocenters. The van der Waals surface area contributed by atoms with Crippen molar-refractivity contribution in [2.45, 2.75) is 12.8 Å². The third kappa shape index (κ3) is 2.68. The molecule has 6 rings (SSSR count). The summed E-state index contributed by atoms with van der Waals surface area (Å²) in [7, 11) is 0. The van der Waals surface area contributed by atoms with Gasteiger partial charge in [0.1, 0.15) is 0 Å². The first-order chi connectivity index (χ1) is 14.2. The zero-order valence-electron chi connectivity index (χ0n) is 16.0. The Balaban J connectivity index is 1.28. The monoisotopic (exact) mass is 372 g/mol. The van der Waals surface area contributed by atoms with Crippen molar-refractivity contribution in [2.24, 2.45) is 4.99 Å². The van der Waals surface area contributed by atoms with Crippen LogP contribution in [0.3, 0.4) is 0 Å². The van der Waals surface area contributed by atoms with Gasteiger partial charge < -0.3 is 5.73 Å². The van der Waals surface area contributed by atoms with Gasteiger partial charge in [0, 0.05) is 11.9 Å². The van der Waals surface area contributed by atoms with Crippen LogP contribution in [-0.4, -0.2) is 6.21 Å². The minimum atomic E-state index is 0.827. The zero-order valence-corrected chi connectivity index (χ0v) is 16.0. The third-order valence-corrected chi connectivity index (χ3v) is 6.07. The van der Waals surface area contributed by atoms with Gasteiger partial charge in [-0.25, -0.2) is 0 Å². The number of aliphatic imine (C=N–C) groups is 1. The van der Waals surface area contributed by atoms with Gasteiger partial charge in [0.2, 0.25) is 0 Å². The lowest BCUT2D eigenvalue weighted by Gasteiger charge is -2.03. The van der Waals surface area contributed by atoms with Crippen LogP contribution in [0, 0.1) is 0 Å². The number of nitrogens with zero attached hydrogens (tertiary/aromatic N) is 1. The Morgan fingerprint density at radius 1 is 0.621 bits per heavy atom. The van der Waals surface area contributed by atoms with E-state index in [1.807, 2.05) is 12.3 Å². The Hall–Kier alpha value is -3.65. The highest BCUT2D eigenvalue weighted by Gasteiger charge is 2.19. The number of benzene rings is 4. The molecular weight excluding hydrogens is 352 g/mol. The molecule has 2 aliphatic rings. The van der Waals surface area contributed by atoms with Crippen molar-refractivity contribution >= 4 is 17.6 Å². The predicted molar refractivity (Wildman–Crippen MR) is 121 cm³/mol. The average molecular weight is 372 g/mol. The SMILES string of the molecule is Nc1ccc2c(c1)Cc1cc(/N=C/c3ccc4c(c3)Cc3ccccc3-4)ccc1-2. The summed E-state index contributed by atoms with van der Waals surface area (Å²) in [5.74, 6) is 0. The molecule has 4 aromatic rings. The molecule has 4 aromatic carbocycles.